The number of nitrogens with zero attached hydrogens (tertiary/aromatic N) is 4. The quantitative estimate of drug-likeness (QED) is 0.822. The van der Waals surface area contributed by atoms with Gasteiger partial charge >= 0.3 is 0 Å². The third-order valence-electron chi connectivity index (χ3n) is 4.78. The Hall–Kier alpha value is -1.72. The molecule has 122 valence electrons. The molecule has 0 N–H and O–H groups in total. The molecule has 0 amide bonds. The highest BCUT2D eigenvalue weighted by molar-refractivity contribution is 5.26. The van der Waals surface area contributed by atoms with E-state index in [0.717, 1.165) is 44.4 Å². The summed E-state index contributed by atoms with van der Waals surface area (Å²) in [6.07, 6.45) is 6.84. The molecule has 0 unspecified atom stereocenters. The van der Waals surface area contributed by atoms with Crippen LogP contribution in [0.1, 0.15) is 35.7 Å². The zero-order valence-electron chi connectivity index (χ0n) is 13.7. The molecule has 1 aliphatic carbocycles. The van der Waals surface area contributed by atoms with E-state index in [1.807, 2.05) is 12.3 Å². The Labute approximate surface area is 137 Å². The molecule has 2 aromatic heterocycles. The summed E-state index contributed by atoms with van der Waals surface area (Å²) < 4.78 is 7.62. The molecule has 5 nitrogen and oxygen atoms in total. The first kappa shape index (κ1) is 14.8. The Morgan fingerprint density at radius 2 is 2.22 bits per heavy atom. The summed E-state index contributed by atoms with van der Waals surface area (Å²) in [6, 6.07) is 6.10. The predicted octanol–water partition coefficient (Wildman–Crippen LogP) is 2.43. The van der Waals surface area contributed by atoms with Crippen LogP contribution in [-0.2, 0) is 24.4 Å². The lowest BCUT2D eigenvalue weighted by Gasteiger charge is -2.31. The molecular formula is C18H24N4O. The van der Waals surface area contributed by atoms with Crippen molar-refractivity contribution in [3.8, 4) is 0 Å². The van der Waals surface area contributed by atoms with Gasteiger partial charge in [0, 0.05) is 57.2 Å². The van der Waals surface area contributed by atoms with Gasteiger partial charge in [-0.3, -0.25) is 14.6 Å². The van der Waals surface area contributed by atoms with E-state index in [1.165, 1.54) is 24.1 Å². The molecule has 0 aromatic carbocycles. The van der Waals surface area contributed by atoms with Gasteiger partial charge in [-0.05, 0) is 30.9 Å². The lowest BCUT2D eigenvalue weighted by molar-refractivity contribution is 0.135. The molecule has 4 rings (SSSR count). The van der Waals surface area contributed by atoms with Crippen molar-refractivity contribution in [2.45, 2.75) is 38.4 Å². The van der Waals surface area contributed by atoms with Crippen LogP contribution in [0.2, 0.25) is 0 Å². The average Bonchev–Trinajstić information content (AvgIpc) is 3.26. The van der Waals surface area contributed by atoms with Crippen LogP contribution in [0.25, 0.3) is 0 Å². The first-order chi connectivity index (χ1) is 11.3. The van der Waals surface area contributed by atoms with Crippen molar-refractivity contribution in [1.82, 2.24) is 19.7 Å². The van der Waals surface area contributed by atoms with E-state index < -0.39 is 0 Å². The average molecular weight is 312 g/mol. The smallest absolute Gasteiger partial charge is 0.0801 e. The molecule has 1 atom stereocenters. The lowest BCUT2D eigenvalue weighted by atomic mass is 9.95. The van der Waals surface area contributed by atoms with Crippen LogP contribution in [-0.4, -0.2) is 39.9 Å². The van der Waals surface area contributed by atoms with E-state index in [4.69, 9.17) is 9.84 Å². The van der Waals surface area contributed by atoms with Crippen molar-refractivity contribution in [2.24, 2.45) is 5.92 Å². The monoisotopic (exact) mass is 312 g/mol. The summed E-state index contributed by atoms with van der Waals surface area (Å²) in [5.74, 6) is 1.25. The molecule has 1 saturated carbocycles. The normalized spacial score (nSPS) is 21.3. The molecule has 2 aromatic rings. The van der Waals surface area contributed by atoms with Gasteiger partial charge in [0.1, 0.15) is 0 Å². The highest BCUT2D eigenvalue weighted by Crippen LogP contribution is 2.33. The van der Waals surface area contributed by atoms with Gasteiger partial charge in [-0.25, -0.2) is 0 Å². The highest BCUT2D eigenvalue weighted by Gasteiger charge is 2.30. The summed E-state index contributed by atoms with van der Waals surface area (Å²) in [5.41, 5.74) is 3.71. The number of aromatic nitrogens is 3. The molecule has 2 aliphatic rings. The topological polar surface area (TPSA) is 43.2 Å². The molecular weight excluding hydrogens is 288 g/mol. The van der Waals surface area contributed by atoms with Crippen LogP contribution in [0.5, 0.6) is 0 Å². The fourth-order valence-electron chi connectivity index (χ4n) is 3.47. The molecule has 0 spiro atoms. The Bertz CT molecular complexity index is 650. The second-order valence-electron chi connectivity index (χ2n) is 6.84. The molecule has 0 radical (unpaired) electrons. The third-order valence-corrected chi connectivity index (χ3v) is 4.78. The number of pyridine rings is 1. The summed E-state index contributed by atoms with van der Waals surface area (Å²) >= 11 is 0. The van der Waals surface area contributed by atoms with Crippen LogP contribution >= 0.6 is 0 Å². The number of fused-ring (bicyclic) bond motifs is 1. The molecule has 5 heteroatoms. The molecule has 1 fully saturated rings. The maximum atomic E-state index is 5.46. The number of rotatable bonds is 6. The van der Waals surface area contributed by atoms with Crippen molar-refractivity contribution in [2.75, 3.05) is 20.3 Å². The first-order valence-electron chi connectivity index (χ1n) is 8.49. The Kier molecular flexibility index (Phi) is 4.14. The maximum Gasteiger partial charge on any atom is 0.0801 e. The van der Waals surface area contributed by atoms with Gasteiger partial charge < -0.3 is 4.74 Å². The molecule has 3 heterocycles. The fraction of sp³-hybridized carbons (Fsp3) is 0.556. The zero-order chi connectivity index (χ0) is 15.6. The van der Waals surface area contributed by atoms with E-state index >= 15 is 0 Å². The number of hydrogen-bond acceptors (Lipinski definition) is 4. The van der Waals surface area contributed by atoms with Gasteiger partial charge in [-0.2, -0.15) is 5.10 Å². The Morgan fingerprint density at radius 1 is 1.30 bits per heavy atom. The summed E-state index contributed by atoms with van der Waals surface area (Å²) in [4.78, 5) is 6.89. The largest absolute Gasteiger partial charge is 0.384 e. The molecule has 1 aliphatic heterocycles. The molecule has 0 bridgehead atoms. The van der Waals surface area contributed by atoms with Gasteiger partial charge in [-0.1, -0.05) is 6.07 Å². The van der Waals surface area contributed by atoms with E-state index in [-0.39, 0.29) is 0 Å². The van der Waals surface area contributed by atoms with Crippen LogP contribution in [0, 0.1) is 5.92 Å². The first-order valence-corrected chi connectivity index (χ1v) is 8.49. The maximum absolute atomic E-state index is 5.46. The number of ether oxygens (including phenoxy) is 1. The van der Waals surface area contributed by atoms with Crippen molar-refractivity contribution < 1.29 is 4.74 Å². The Morgan fingerprint density at radius 3 is 2.96 bits per heavy atom. The summed E-state index contributed by atoms with van der Waals surface area (Å²) in [7, 11) is 1.78. The molecule has 23 heavy (non-hydrogen) atoms. The standard InChI is InChI=1S/C18H24N4O/c1-23-13-15-9-21(10-16-4-2-3-7-19-16)12-18-17(15)11-22(20-18)8-14-5-6-14/h2-4,7,11,14-15H,5-6,8-10,12-13H2,1H3/t15-/m1/s1. The van der Waals surface area contributed by atoms with Gasteiger partial charge in [0.15, 0.2) is 0 Å². The van der Waals surface area contributed by atoms with E-state index in [9.17, 15) is 0 Å². The minimum Gasteiger partial charge on any atom is -0.384 e. The minimum atomic E-state index is 0.403. The second kappa shape index (κ2) is 6.42. The number of methoxy groups -OCH3 is 1. The molecule has 0 saturated heterocycles. The van der Waals surface area contributed by atoms with E-state index in [1.54, 1.807) is 7.11 Å². The fourth-order valence-corrected chi connectivity index (χ4v) is 3.47. The number of hydrogen-bond donors (Lipinski definition) is 0. The van der Waals surface area contributed by atoms with Crippen LogP contribution < -0.4 is 0 Å². The van der Waals surface area contributed by atoms with Gasteiger partial charge in [0.2, 0.25) is 0 Å². The zero-order valence-corrected chi connectivity index (χ0v) is 13.7. The van der Waals surface area contributed by atoms with Gasteiger partial charge in [-0.15, -0.1) is 0 Å². The Balaban J connectivity index is 1.52. The third kappa shape index (κ3) is 3.46. The summed E-state index contributed by atoms with van der Waals surface area (Å²) in [5, 5.41) is 4.85. The van der Waals surface area contributed by atoms with Crippen LogP contribution in [0.15, 0.2) is 30.6 Å². The lowest BCUT2D eigenvalue weighted by Crippen LogP contribution is -2.34. The van der Waals surface area contributed by atoms with E-state index in [0.29, 0.717) is 5.92 Å². The van der Waals surface area contributed by atoms with Gasteiger partial charge in [0.05, 0.1) is 18.0 Å². The second-order valence-corrected chi connectivity index (χ2v) is 6.84. The SMILES string of the molecule is COC[C@H]1CN(Cc2ccccn2)Cc2nn(CC3CC3)cc21. The van der Waals surface area contributed by atoms with Crippen molar-refractivity contribution in [3.63, 3.8) is 0 Å². The van der Waals surface area contributed by atoms with Crippen molar-refractivity contribution in [1.29, 1.82) is 0 Å². The predicted molar refractivity (Wildman–Crippen MR) is 87.9 cm³/mol. The summed E-state index contributed by atoms with van der Waals surface area (Å²) in [6.45, 7) is 4.61. The van der Waals surface area contributed by atoms with E-state index in [2.05, 4.69) is 32.9 Å². The van der Waals surface area contributed by atoms with Gasteiger partial charge in [0.25, 0.3) is 0 Å². The van der Waals surface area contributed by atoms with Crippen molar-refractivity contribution >= 4 is 0 Å². The van der Waals surface area contributed by atoms with Crippen molar-refractivity contribution in [3.05, 3.63) is 47.5 Å². The van der Waals surface area contributed by atoms with Crippen LogP contribution in [0.4, 0.5) is 0 Å². The minimum absolute atomic E-state index is 0.403. The van der Waals surface area contributed by atoms with Crippen LogP contribution in [0.3, 0.4) is 0 Å². The highest BCUT2D eigenvalue weighted by atomic mass is 16.5.